The molecule has 0 bridgehead atoms. The number of hydrogen-bond acceptors (Lipinski definition) is 3. The van der Waals surface area contributed by atoms with Gasteiger partial charge in [0.05, 0.1) is 16.5 Å². The van der Waals surface area contributed by atoms with E-state index in [-0.39, 0.29) is 4.90 Å². The van der Waals surface area contributed by atoms with Gasteiger partial charge in [0.25, 0.3) is 0 Å². The lowest BCUT2D eigenvalue weighted by Gasteiger charge is -2.11. The average Bonchev–Trinajstić information content (AvgIpc) is 2.90. The van der Waals surface area contributed by atoms with Crippen LogP contribution in [0.3, 0.4) is 0 Å². The van der Waals surface area contributed by atoms with Gasteiger partial charge < -0.3 is 0 Å². The zero-order valence-electron chi connectivity index (χ0n) is 10.1. The van der Waals surface area contributed by atoms with E-state index >= 15 is 0 Å². The first-order chi connectivity index (χ1) is 8.62. The van der Waals surface area contributed by atoms with Crippen LogP contribution in [0.1, 0.15) is 31.2 Å². The molecule has 0 aromatic heterocycles. The van der Waals surface area contributed by atoms with Crippen molar-refractivity contribution in [1.82, 2.24) is 4.72 Å². The van der Waals surface area contributed by atoms with Gasteiger partial charge in [0.1, 0.15) is 0 Å². The molecule has 0 spiro atoms. The van der Waals surface area contributed by atoms with Gasteiger partial charge in [-0.05, 0) is 43.0 Å². The Bertz CT molecular complexity index is 537. The van der Waals surface area contributed by atoms with Gasteiger partial charge in [-0.25, -0.2) is 13.1 Å². The van der Waals surface area contributed by atoms with E-state index in [1.165, 1.54) is 37.1 Å². The summed E-state index contributed by atoms with van der Waals surface area (Å²) in [5, 5.41) is 8.66. The van der Waals surface area contributed by atoms with Gasteiger partial charge >= 0.3 is 0 Å². The van der Waals surface area contributed by atoms with Crippen LogP contribution in [-0.2, 0) is 10.0 Å². The quantitative estimate of drug-likeness (QED) is 0.904. The van der Waals surface area contributed by atoms with Crippen LogP contribution in [0.2, 0.25) is 0 Å². The molecule has 1 N–H and O–H groups in total. The molecule has 5 heteroatoms. The predicted octanol–water partition coefficient (Wildman–Crippen LogP) is 2.03. The summed E-state index contributed by atoms with van der Waals surface area (Å²) in [5.41, 5.74) is 0.463. The van der Waals surface area contributed by atoms with Gasteiger partial charge in [-0.2, -0.15) is 5.26 Å². The molecular formula is C13H16N2O2S. The summed E-state index contributed by atoms with van der Waals surface area (Å²) >= 11 is 0. The van der Waals surface area contributed by atoms with E-state index in [4.69, 9.17) is 5.26 Å². The third-order valence-electron chi connectivity index (χ3n) is 3.33. The Morgan fingerprint density at radius 3 is 2.39 bits per heavy atom. The summed E-state index contributed by atoms with van der Waals surface area (Å²) in [6, 6.07) is 7.94. The van der Waals surface area contributed by atoms with Crippen LogP contribution < -0.4 is 4.72 Å². The Balaban J connectivity index is 2.02. The molecule has 96 valence electrons. The van der Waals surface area contributed by atoms with Crippen LogP contribution in [0.15, 0.2) is 29.2 Å². The molecule has 4 nitrogen and oxygen atoms in total. The minimum Gasteiger partial charge on any atom is -0.211 e. The largest absolute Gasteiger partial charge is 0.240 e. The van der Waals surface area contributed by atoms with Gasteiger partial charge in [0, 0.05) is 6.54 Å². The number of benzene rings is 1. The zero-order chi connectivity index (χ0) is 13.0. The van der Waals surface area contributed by atoms with Gasteiger partial charge in [-0.1, -0.05) is 12.8 Å². The van der Waals surface area contributed by atoms with Crippen molar-refractivity contribution in [3.05, 3.63) is 29.8 Å². The molecule has 0 unspecified atom stereocenters. The molecule has 0 radical (unpaired) electrons. The molecule has 1 fully saturated rings. The van der Waals surface area contributed by atoms with Crippen molar-refractivity contribution < 1.29 is 8.42 Å². The van der Waals surface area contributed by atoms with E-state index < -0.39 is 10.0 Å². The number of nitrogens with one attached hydrogen (secondary N) is 1. The molecule has 0 atom stereocenters. The topological polar surface area (TPSA) is 70.0 Å². The summed E-state index contributed by atoms with van der Waals surface area (Å²) in [7, 11) is -3.43. The fourth-order valence-corrected chi connectivity index (χ4v) is 3.35. The van der Waals surface area contributed by atoms with Crippen molar-refractivity contribution in [3.8, 4) is 6.07 Å². The van der Waals surface area contributed by atoms with Crippen molar-refractivity contribution in [3.63, 3.8) is 0 Å². The highest BCUT2D eigenvalue weighted by Crippen LogP contribution is 2.24. The predicted molar refractivity (Wildman–Crippen MR) is 68.3 cm³/mol. The summed E-state index contributed by atoms with van der Waals surface area (Å²) in [6.07, 6.45) is 4.61. The first-order valence-electron chi connectivity index (χ1n) is 6.11. The Labute approximate surface area is 108 Å². The molecule has 1 aromatic rings. The Morgan fingerprint density at radius 1 is 1.22 bits per heavy atom. The van der Waals surface area contributed by atoms with E-state index in [0.717, 1.165) is 12.8 Å². The second-order valence-corrected chi connectivity index (χ2v) is 6.41. The first kappa shape index (κ1) is 13.1. The number of nitrogens with zero attached hydrogens (tertiary/aromatic N) is 1. The van der Waals surface area contributed by atoms with E-state index in [1.54, 1.807) is 0 Å². The van der Waals surface area contributed by atoms with Gasteiger partial charge in [-0.3, -0.25) is 0 Å². The monoisotopic (exact) mass is 264 g/mol. The minimum absolute atomic E-state index is 0.222. The van der Waals surface area contributed by atoms with Gasteiger partial charge in [0.2, 0.25) is 10.0 Å². The van der Waals surface area contributed by atoms with Crippen LogP contribution in [0.25, 0.3) is 0 Å². The second kappa shape index (κ2) is 5.51. The summed E-state index contributed by atoms with van der Waals surface area (Å²) in [6.45, 7) is 0.516. The first-order valence-corrected chi connectivity index (χ1v) is 7.60. The molecule has 1 aliphatic rings. The van der Waals surface area contributed by atoms with Crippen molar-refractivity contribution in [1.29, 1.82) is 5.26 Å². The molecule has 18 heavy (non-hydrogen) atoms. The lowest BCUT2D eigenvalue weighted by molar-refractivity contribution is 0.519. The molecule has 1 saturated carbocycles. The highest BCUT2D eigenvalue weighted by Gasteiger charge is 2.19. The molecule has 0 amide bonds. The Hall–Kier alpha value is -1.38. The van der Waals surface area contributed by atoms with Gasteiger partial charge in [-0.15, -0.1) is 0 Å². The highest BCUT2D eigenvalue weighted by molar-refractivity contribution is 7.89. The van der Waals surface area contributed by atoms with Crippen molar-refractivity contribution in [2.45, 2.75) is 30.6 Å². The van der Waals surface area contributed by atoms with E-state index in [0.29, 0.717) is 18.0 Å². The lowest BCUT2D eigenvalue weighted by atomic mass is 10.1. The Morgan fingerprint density at radius 2 is 1.83 bits per heavy atom. The minimum atomic E-state index is -3.43. The smallest absolute Gasteiger partial charge is 0.211 e. The maximum atomic E-state index is 12.0. The van der Waals surface area contributed by atoms with E-state index in [9.17, 15) is 8.42 Å². The number of sulfonamides is 1. The van der Waals surface area contributed by atoms with E-state index in [2.05, 4.69) is 4.72 Å². The van der Waals surface area contributed by atoms with Crippen LogP contribution in [0.4, 0.5) is 0 Å². The number of nitriles is 1. The summed E-state index contributed by atoms with van der Waals surface area (Å²) in [5.74, 6) is 0.471. The highest BCUT2D eigenvalue weighted by atomic mass is 32.2. The SMILES string of the molecule is N#Cc1ccc(S(=O)(=O)NCC2CCCC2)cc1. The average molecular weight is 264 g/mol. The molecule has 0 saturated heterocycles. The Kier molecular flexibility index (Phi) is 4.00. The molecule has 0 heterocycles. The maximum absolute atomic E-state index is 12.0. The van der Waals surface area contributed by atoms with Crippen LogP contribution >= 0.6 is 0 Å². The second-order valence-electron chi connectivity index (χ2n) is 4.64. The third-order valence-corrected chi connectivity index (χ3v) is 4.77. The van der Waals surface area contributed by atoms with Crippen molar-refractivity contribution >= 4 is 10.0 Å². The van der Waals surface area contributed by atoms with Crippen LogP contribution in [0, 0.1) is 17.2 Å². The molecule has 1 aliphatic carbocycles. The summed E-state index contributed by atoms with van der Waals surface area (Å²) < 4.78 is 26.6. The van der Waals surface area contributed by atoms with Crippen LogP contribution in [-0.4, -0.2) is 15.0 Å². The third kappa shape index (κ3) is 3.09. The standard InChI is InChI=1S/C13H16N2O2S/c14-9-11-5-7-13(8-6-11)18(16,17)15-10-12-3-1-2-4-12/h5-8,12,15H,1-4,10H2. The van der Waals surface area contributed by atoms with Gasteiger partial charge in [0.15, 0.2) is 0 Å². The van der Waals surface area contributed by atoms with E-state index in [1.807, 2.05) is 6.07 Å². The van der Waals surface area contributed by atoms with Crippen LogP contribution in [0.5, 0.6) is 0 Å². The fraction of sp³-hybridized carbons (Fsp3) is 0.462. The molecular weight excluding hydrogens is 248 g/mol. The molecule has 1 aromatic carbocycles. The number of rotatable bonds is 4. The van der Waals surface area contributed by atoms with Crippen molar-refractivity contribution in [2.24, 2.45) is 5.92 Å². The number of hydrogen-bond donors (Lipinski definition) is 1. The normalized spacial score (nSPS) is 16.6. The zero-order valence-corrected chi connectivity index (χ0v) is 10.9. The molecule has 0 aliphatic heterocycles. The fourth-order valence-electron chi connectivity index (χ4n) is 2.23. The lowest BCUT2D eigenvalue weighted by Crippen LogP contribution is -2.28. The summed E-state index contributed by atoms with van der Waals surface area (Å²) in [4.78, 5) is 0.222. The maximum Gasteiger partial charge on any atom is 0.240 e. The van der Waals surface area contributed by atoms with Crippen molar-refractivity contribution in [2.75, 3.05) is 6.54 Å². The molecule has 2 rings (SSSR count).